The highest BCUT2D eigenvalue weighted by atomic mass is 32.1. The zero-order valence-corrected chi connectivity index (χ0v) is 10.0. The van der Waals surface area contributed by atoms with Crippen LogP contribution in [0.4, 0.5) is 5.82 Å². The smallest absolute Gasteiger partial charge is 0.128 e. The van der Waals surface area contributed by atoms with Crippen molar-refractivity contribution in [3.05, 3.63) is 35.2 Å². The van der Waals surface area contributed by atoms with Crippen LogP contribution in [0.25, 0.3) is 10.6 Å². The maximum atomic E-state index is 4.59. The number of nitrogens with zero attached hydrogens (tertiary/aromatic N) is 2. The van der Waals surface area contributed by atoms with Gasteiger partial charge in [0.25, 0.3) is 0 Å². The van der Waals surface area contributed by atoms with Crippen molar-refractivity contribution in [2.45, 2.75) is 6.92 Å². The van der Waals surface area contributed by atoms with Crippen molar-refractivity contribution >= 4 is 17.2 Å². The Labute approximate surface area is 94.2 Å². The van der Waals surface area contributed by atoms with E-state index in [2.05, 4.69) is 30.1 Å². The molecule has 2 aromatic heterocycles. The van der Waals surface area contributed by atoms with Gasteiger partial charge in [-0.15, -0.1) is 11.3 Å². The van der Waals surface area contributed by atoms with Gasteiger partial charge in [-0.05, 0) is 31.2 Å². The molecule has 2 aromatic rings. The zero-order chi connectivity index (χ0) is 10.8. The largest absolute Gasteiger partial charge is 0.363 e. The van der Waals surface area contributed by atoms with Crippen molar-refractivity contribution in [1.82, 2.24) is 4.98 Å². The standard InChI is InChI=1S/C12H14N2S/c1-9-7-8-11(15-9)10-5-4-6-12(13-10)14(2)3/h4-8H,1-3H3. The molecule has 78 valence electrons. The maximum Gasteiger partial charge on any atom is 0.128 e. The lowest BCUT2D eigenvalue weighted by molar-refractivity contribution is 1.07. The molecule has 2 nitrogen and oxygen atoms in total. The molecule has 0 N–H and O–H groups in total. The second-order valence-electron chi connectivity index (χ2n) is 3.69. The molecule has 0 saturated heterocycles. The van der Waals surface area contributed by atoms with E-state index in [1.54, 1.807) is 11.3 Å². The molecule has 0 amide bonds. The summed E-state index contributed by atoms with van der Waals surface area (Å²) in [5.41, 5.74) is 1.05. The fourth-order valence-corrected chi connectivity index (χ4v) is 2.22. The summed E-state index contributed by atoms with van der Waals surface area (Å²) in [6.07, 6.45) is 0. The van der Waals surface area contributed by atoms with Gasteiger partial charge >= 0.3 is 0 Å². The first-order valence-corrected chi connectivity index (χ1v) is 5.69. The van der Waals surface area contributed by atoms with E-state index in [-0.39, 0.29) is 0 Å². The van der Waals surface area contributed by atoms with E-state index in [9.17, 15) is 0 Å². The summed E-state index contributed by atoms with van der Waals surface area (Å²) in [5, 5.41) is 0. The first kappa shape index (κ1) is 10.2. The van der Waals surface area contributed by atoms with E-state index in [4.69, 9.17) is 0 Å². The second-order valence-corrected chi connectivity index (χ2v) is 4.97. The third-order valence-electron chi connectivity index (χ3n) is 2.19. The van der Waals surface area contributed by atoms with Gasteiger partial charge in [-0.2, -0.15) is 0 Å². The lowest BCUT2D eigenvalue weighted by Crippen LogP contribution is -2.10. The van der Waals surface area contributed by atoms with Crippen LogP contribution in [-0.4, -0.2) is 19.1 Å². The van der Waals surface area contributed by atoms with Gasteiger partial charge in [-0.1, -0.05) is 6.07 Å². The number of anilines is 1. The third-order valence-corrected chi connectivity index (χ3v) is 3.21. The fourth-order valence-electron chi connectivity index (χ4n) is 1.38. The van der Waals surface area contributed by atoms with E-state index >= 15 is 0 Å². The summed E-state index contributed by atoms with van der Waals surface area (Å²) < 4.78 is 0. The second kappa shape index (κ2) is 4.03. The normalized spacial score (nSPS) is 10.3. The van der Waals surface area contributed by atoms with E-state index < -0.39 is 0 Å². The molecule has 0 unspecified atom stereocenters. The van der Waals surface area contributed by atoms with E-state index in [0.29, 0.717) is 0 Å². The van der Waals surface area contributed by atoms with Crippen molar-refractivity contribution in [3.8, 4) is 10.6 Å². The lowest BCUT2D eigenvalue weighted by atomic mass is 10.3. The van der Waals surface area contributed by atoms with E-state index in [1.165, 1.54) is 9.75 Å². The lowest BCUT2D eigenvalue weighted by Gasteiger charge is -2.11. The Morgan fingerprint density at radius 1 is 1.13 bits per heavy atom. The minimum Gasteiger partial charge on any atom is -0.363 e. The number of hydrogen-bond donors (Lipinski definition) is 0. The van der Waals surface area contributed by atoms with Crippen LogP contribution in [0, 0.1) is 6.92 Å². The van der Waals surface area contributed by atoms with Crippen molar-refractivity contribution < 1.29 is 0 Å². The molecule has 15 heavy (non-hydrogen) atoms. The Balaban J connectivity index is 2.41. The number of pyridine rings is 1. The van der Waals surface area contributed by atoms with Gasteiger partial charge in [-0.25, -0.2) is 4.98 Å². The molecular formula is C12H14N2S. The molecule has 2 rings (SSSR count). The molecule has 3 heteroatoms. The predicted molar refractivity (Wildman–Crippen MR) is 66.6 cm³/mol. The Kier molecular flexibility index (Phi) is 2.73. The Morgan fingerprint density at radius 2 is 1.93 bits per heavy atom. The average Bonchev–Trinajstić information content (AvgIpc) is 2.65. The SMILES string of the molecule is Cc1ccc(-c2cccc(N(C)C)n2)s1. The number of hydrogen-bond acceptors (Lipinski definition) is 3. The minimum atomic E-state index is 0.999. The fraction of sp³-hybridized carbons (Fsp3) is 0.250. The van der Waals surface area contributed by atoms with E-state index in [1.807, 2.05) is 31.1 Å². The van der Waals surface area contributed by atoms with E-state index in [0.717, 1.165) is 11.5 Å². The number of aryl methyl sites for hydroxylation is 1. The molecule has 0 aliphatic heterocycles. The number of rotatable bonds is 2. The molecular weight excluding hydrogens is 204 g/mol. The van der Waals surface area contributed by atoms with Crippen LogP contribution in [0.1, 0.15) is 4.88 Å². The van der Waals surface area contributed by atoms with Gasteiger partial charge in [-0.3, -0.25) is 0 Å². The van der Waals surface area contributed by atoms with Crippen molar-refractivity contribution in [1.29, 1.82) is 0 Å². The highest BCUT2D eigenvalue weighted by Gasteiger charge is 2.03. The average molecular weight is 218 g/mol. The van der Waals surface area contributed by atoms with Gasteiger partial charge in [0.15, 0.2) is 0 Å². The van der Waals surface area contributed by atoms with Crippen LogP contribution >= 0.6 is 11.3 Å². The first-order valence-electron chi connectivity index (χ1n) is 4.88. The molecule has 0 atom stereocenters. The van der Waals surface area contributed by atoms with Crippen LogP contribution in [0.5, 0.6) is 0 Å². The van der Waals surface area contributed by atoms with Crippen LogP contribution in [0.15, 0.2) is 30.3 Å². The molecule has 0 fully saturated rings. The summed E-state index contributed by atoms with van der Waals surface area (Å²) in [7, 11) is 4.01. The monoisotopic (exact) mass is 218 g/mol. The summed E-state index contributed by atoms with van der Waals surface area (Å²) in [5.74, 6) is 0.999. The molecule has 0 saturated carbocycles. The molecule has 0 aromatic carbocycles. The van der Waals surface area contributed by atoms with Gasteiger partial charge in [0, 0.05) is 19.0 Å². The van der Waals surface area contributed by atoms with Gasteiger partial charge < -0.3 is 4.90 Å². The van der Waals surface area contributed by atoms with Gasteiger partial charge in [0.2, 0.25) is 0 Å². The van der Waals surface area contributed by atoms with Crippen LogP contribution in [-0.2, 0) is 0 Å². The van der Waals surface area contributed by atoms with Crippen LogP contribution in [0.3, 0.4) is 0 Å². The van der Waals surface area contributed by atoms with Crippen LogP contribution < -0.4 is 4.90 Å². The first-order chi connectivity index (χ1) is 7.16. The maximum absolute atomic E-state index is 4.59. The Bertz CT molecular complexity index is 460. The topological polar surface area (TPSA) is 16.1 Å². The molecule has 0 aliphatic carbocycles. The molecule has 0 aliphatic rings. The highest BCUT2D eigenvalue weighted by Crippen LogP contribution is 2.27. The van der Waals surface area contributed by atoms with Gasteiger partial charge in [0.05, 0.1) is 10.6 Å². The minimum absolute atomic E-state index is 0.999. The third kappa shape index (κ3) is 2.18. The summed E-state index contributed by atoms with van der Waals surface area (Å²) in [4.78, 5) is 9.16. The summed E-state index contributed by atoms with van der Waals surface area (Å²) >= 11 is 1.78. The predicted octanol–water partition coefficient (Wildman–Crippen LogP) is 3.18. The van der Waals surface area contributed by atoms with Crippen molar-refractivity contribution in [2.75, 3.05) is 19.0 Å². The zero-order valence-electron chi connectivity index (χ0n) is 9.19. The van der Waals surface area contributed by atoms with Gasteiger partial charge in [0.1, 0.15) is 5.82 Å². The van der Waals surface area contributed by atoms with Crippen LogP contribution in [0.2, 0.25) is 0 Å². The number of thiophene rings is 1. The molecule has 2 heterocycles. The van der Waals surface area contributed by atoms with Crippen molar-refractivity contribution in [2.24, 2.45) is 0 Å². The van der Waals surface area contributed by atoms with Crippen molar-refractivity contribution in [3.63, 3.8) is 0 Å². The molecule has 0 radical (unpaired) electrons. The Morgan fingerprint density at radius 3 is 2.53 bits per heavy atom. The summed E-state index contributed by atoms with van der Waals surface area (Å²) in [6.45, 7) is 2.12. The highest BCUT2D eigenvalue weighted by molar-refractivity contribution is 7.15. The number of aromatic nitrogens is 1. The molecule has 0 spiro atoms. The Hall–Kier alpha value is -1.35. The quantitative estimate of drug-likeness (QED) is 0.769. The molecule has 0 bridgehead atoms. The summed E-state index contributed by atoms with van der Waals surface area (Å²) in [6, 6.07) is 10.4.